The second-order valence-corrected chi connectivity index (χ2v) is 4.67. The third-order valence-electron chi connectivity index (χ3n) is 2.80. The number of rotatable bonds is 4. The number of aromatic nitrogens is 2. The van der Waals surface area contributed by atoms with E-state index in [1.807, 2.05) is 19.2 Å². The third-order valence-corrected chi connectivity index (χ3v) is 3.14. The molecule has 1 heterocycles. The number of nitrogen functional groups attached to an aromatic ring is 1. The molecule has 2 N–H and O–H groups in total. The summed E-state index contributed by atoms with van der Waals surface area (Å²) in [5.41, 5.74) is 7.25. The van der Waals surface area contributed by atoms with Crippen LogP contribution in [0.4, 0.5) is 5.69 Å². The van der Waals surface area contributed by atoms with Crippen LogP contribution in [0.25, 0.3) is 0 Å². The van der Waals surface area contributed by atoms with Gasteiger partial charge in [-0.05, 0) is 24.1 Å². The minimum absolute atomic E-state index is 0.00497. The van der Waals surface area contributed by atoms with Crippen LogP contribution in [0, 0.1) is 0 Å². The maximum absolute atomic E-state index is 12.0. The summed E-state index contributed by atoms with van der Waals surface area (Å²) >= 11 is 5.86. The van der Waals surface area contributed by atoms with Crippen LogP contribution in [-0.2, 0) is 13.1 Å². The predicted octanol–water partition coefficient (Wildman–Crippen LogP) is 2.34. The lowest BCUT2D eigenvalue weighted by molar-refractivity contribution is 0.624. The van der Waals surface area contributed by atoms with E-state index in [2.05, 4.69) is 0 Å². The van der Waals surface area contributed by atoms with E-state index in [1.165, 1.54) is 0 Å². The lowest BCUT2D eigenvalue weighted by atomic mass is 10.2. The highest BCUT2D eigenvalue weighted by Crippen LogP contribution is 2.19. The van der Waals surface area contributed by atoms with Crippen LogP contribution in [-0.4, -0.2) is 9.13 Å². The molecule has 0 unspecified atom stereocenters. The Kier molecular flexibility index (Phi) is 3.77. The van der Waals surface area contributed by atoms with Crippen molar-refractivity contribution >= 4 is 17.3 Å². The minimum Gasteiger partial charge on any atom is -0.398 e. The van der Waals surface area contributed by atoms with Crippen molar-refractivity contribution in [3.63, 3.8) is 0 Å². The molecule has 18 heavy (non-hydrogen) atoms. The number of hydrogen-bond donors (Lipinski definition) is 1. The van der Waals surface area contributed by atoms with Crippen molar-refractivity contribution in [1.29, 1.82) is 0 Å². The summed E-state index contributed by atoms with van der Waals surface area (Å²) in [6.07, 6.45) is 4.55. The average molecular weight is 266 g/mol. The molecule has 0 radical (unpaired) electrons. The number of hydrogen-bond acceptors (Lipinski definition) is 2. The van der Waals surface area contributed by atoms with E-state index in [0.29, 0.717) is 17.3 Å². The van der Waals surface area contributed by atoms with E-state index in [0.717, 1.165) is 18.5 Å². The molecule has 1 aromatic heterocycles. The number of halogens is 1. The van der Waals surface area contributed by atoms with Gasteiger partial charge in [0.15, 0.2) is 0 Å². The van der Waals surface area contributed by atoms with Crippen LogP contribution < -0.4 is 11.4 Å². The lowest BCUT2D eigenvalue weighted by Crippen LogP contribution is -2.24. The van der Waals surface area contributed by atoms with Crippen LogP contribution in [0.5, 0.6) is 0 Å². The zero-order valence-electron chi connectivity index (χ0n) is 10.3. The molecule has 0 atom stereocenters. The molecule has 0 aliphatic rings. The predicted molar refractivity (Wildman–Crippen MR) is 73.9 cm³/mol. The maximum atomic E-state index is 12.0. The lowest BCUT2D eigenvalue weighted by Gasteiger charge is -2.04. The summed E-state index contributed by atoms with van der Waals surface area (Å²) < 4.78 is 3.37. The van der Waals surface area contributed by atoms with Crippen molar-refractivity contribution in [2.24, 2.45) is 0 Å². The molecule has 0 spiro atoms. The van der Waals surface area contributed by atoms with Crippen LogP contribution in [0.1, 0.15) is 18.9 Å². The first-order valence-electron chi connectivity index (χ1n) is 5.91. The van der Waals surface area contributed by atoms with Crippen molar-refractivity contribution in [3.8, 4) is 0 Å². The van der Waals surface area contributed by atoms with Crippen molar-refractivity contribution in [1.82, 2.24) is 9.13 Å². The Balaban J connectivity index is 2.23. The molecule has 0 aliphatic heterocycles. The molecule has 0 amide bonds. The molecular weight excluding hydrogens is 250 g/mol. The molecule has 0 fully saturated rings. The van der Waals surface area contributed by atoms with Gasteiger partial charge in [-0.3, -0.25) is 9.13 Å². The summed E-state index contributed by atoms with van der Waals surface area (Å²) in [5, 5.41) is 0.537. The monoisotopic (exact) mass is 265 g/mol. The summed E-state index contributed by atoms with van der Waals surface area (Å²) in [6.45, 7) is 3.30. The fourth-order valence-corrected chi connectivity index (χ4v) is 1.99. The van der Waals surface area contributed by atoms with Crippen LogP contribution in [0.15, 0.2) is 35.4 Å². The molecule has 96 valence electrons. The first kappa shape index (κ1) is 12.8. The first-order valence-corrected chi connectivity index (χ1v) is 6.29. The van der Waals surface area contributed by atoms with Gasteiger partial charge in [-0.25, -0.2) is 4.79 Å². The molecule has 2 aromatic rings. The zero-order chi connectivity index (χ0) is 13.1. The van der Waals surface area contributed by atoms with Gasteiger partial charge in [0.1, 0.15) is 0 Å². The zero-order valence-corrected chi connectivity index (χ0v) is 11.0. The van der Waals surface area contributed by atoms with E-state index in [4.69, 9.17) is 17.3 Å². The molecule has 1 aromatic carbocycles. The normalized spacial score (nSPS) is 10.8. The average Bonchev–Trinajstić information content (AvgIpc) is 2.67. The largest absolute Gasteiger partial charge is 0.398 e. The number of anilines is 1. The standard InChI is InChI=1S/C13H16ClN3O/c1-2-5-16-6-7-17(13(16)18)9-10-3-4-11(14)12(15)8-10/h3-4,6-8H,2,5,9,15H2,1H3. The van der Waals surface area contributed by atoms with Crippen molar-refractivity contribution in [3.05, 3.63) is 51.7 Å². The van der Waals surface area contributed by atoms with Crippen molar-refractivity contribution in [2.75, 3.05) is 5.73 Å². The Bertz CT molecular complexity index is 601. The van der Waals surface area contributed by atoms with Crippen LogP contribution in [0.3, 0.4) is 0 Å². The summed E-state index contributed by atoms with van der Waals surface area (Å²) in [4.78, 5) is 12.0. The van der Waals surface area contributed by atoms with Gasteiger partial charge in [-0.15, -0.1) is 0 Å². The Labute approximate surface area is 111 Å². The Morgan fingerprint density at radius 2 is 2.00 bits per heavy atom. The number of imidazole rings is 1. The molecule has 2 rings (SSSR count). The summed E-state index contributed by atoms with van der Waals surface area (Å²) in [6, 6.07) is 5.43. The molecule has 4 nitrogen and oxygen atoms in total. The smallest absolute Gasteiger partial charge is 0.328 e. The van der Waals surface area contributed by atoms with Crippen molar-refractivity contribution in [2.45, 2.75) is 26.4 Å². The SMILES string of the molecule is CCCn1ccn(Cc2ccc(Cl)c(N)c2)c1=O. The van der Waals surface area contributed by atoms with Crippen molar-refractivity contribution < 1.29 is 0 Å². The second kappa shape index (κ2) is 5.31. The Morgan fingerprint density at radius 3 is 2.67 bits per heavy atom. The number of nitrogens with zero attached hydrogens (tertiary/aromatic N) is 2. The number of benzene rings is 1. The van der Waals surface area contributed by atoms with Gasteiger partial charge in [-0.2, -0.15) is 0 Å². The highest BCUT2D eigenvalue weighted by molar-refractivity contribution is 6.33. The van der Waals surface area contributed by atoms with Gasteiger partial charge >= 0.3 is 5.69 Å². The highest BCUT2D eigenvalue weighted by atomic mass is 35.5. The van der Waals surface area contributed by atoms with E-state index in [1.54, 1.807) is 27.5 Å². The Hall–Kier alpha value is -1.68. The highest BCUT2D eigenvalue weighted by Gasteiger charge is 2.04. The molecule has 0 saturated carbocycles. The van der Waals surface area contributed by atoms with Gasteiger partial charge in [0.2, 0.25) is 0 Å². The number of aryl methyl sites for hydroxylation is 1. The Morgan fingerprint density at radius 1 is 1.28 bits per heavy atom. The fraction of sp³-hybridized carbons (Fsp3) is 0.308. The van der Waals surface area contributed by atoms with Crippen LogP contribution >= 0.6 is 11.6 Å². The summed E-state index contributed by atoms with van der Waals surface area (Å²) in [5.74, 6) is 0. The van der Waals surface area contributed by atoms with Crippen LogP contribution in [0.2, 0.25) is 5.02 Å². The van der Waals surface area contributed by atoms with Gasteiger partial charge in [0.05, 0.1) is 17.3 Å². The maximum Gasteiger partial charge on any atom is 0.328 e. The van der Waals surface area contributed by atoms with E-state index in [9.17, 15) is 4.79 Å². The quantitative estimate of drug-likeness (QED) is 0.863. The third kappa shape index (κ3) is 2.59. The molecule has 0 aliphatic carbocycles. The van der Waals surface area contributed by atoms with Gasteiger partial charge in [-0.1, -0.05) is 24.6 Å². The van der Waals surface area contributed by atoms with Gasteiger partial charge in [0.25, 0.3) is 0 Å². The number of nitrogens with two attached hydrogens (primary N) is 1. The molecule has 0 bridgehead atoms. The minimum atomic E-state index is 0.00497. The molecular formula is C13H16ClN3O. The van der Waals surface area contributed by atoms with E-state index >= 15 is 0 Å². The molecule has 5 heteroatoms. The first-order chi connectivity index (χ1) is 8.61. The molecule has 0 saturated heterocycles. The second-order valence-electron chi connectivity index (χ2n) is 4.26. The summed E-state index contributed by atoms with van der Waals surface area (Å²) in [7, 11) is 0. The topological polar surface area (TPSA) is 52.9 Å². The van der Waals surface area contributed by atoms with E-state index in [-0.39, 0.29) is 5.69 Å². The fourth-order valence-electron chi connectivity index (χ4n) is 1.87. The van der Waals surface area contributed by atoms with E-state index < -0.39 is 0 Å². The van der Waals surface area contributed by atoms with Gasteiger partial charge < -0.3 is 5.73 Å². The van der Waals surface area contributed by atoms with Gasteiger partial charge in [0, 0.05) is 18.9 Å².